The summed E-state index contributed by atoms with van der Waals surface area (Å²) < 4.78 is 0. The second-order valence-electron chi connectivity index (χ2n) is 4.38. The molecule has 1 aliphatic rings. The number of fused-ring (bicyclic) bond motifs is 1. The second-order valence-corrected chi connectivity index (χ2v) is 4.38. The third-order valence-electron chi connectivity index (χ3n) is 3.15. The lowest BCUT2D eigenvalue weighted by Gasteiger charge is -2.13. The van der Waals surface area contributed by atoms with Crippen molar-refractivity contribution in [2.45, 2.75) is 0 Å². The number of carbonyl (C=O) groups is 3. The fourth-order valence-corrected chi connectivity index (χ4v) is 2.17. The Balaban J connectivity index is 2.09. The Morgan fingerprint density at radius 3 is 2.20 bits per heavy atom. The van der Waals surface area contributed by atoms with Gasteiger partial charge in [-0.1, -0.05) is 6.07 Å². The van der Waals surface area contributed by atoms with Crippen LogP contribution < -0.4 is 4.90 Å². The summed E-state index contributed by atoms with van der Waals surface area (Å²) in [6, 6.07) is 10.1. The molecule has 2 amide bonds. The molecule has 0 saturated heterocycles. The summed E-state index contributed by atoms with van der Waals surface area (Å²) in [7, 11) is 0. The Labute approximate surface area is 114 Å². The number of carbonyl (C=O) groups excluding carboxylic acids is 3. The molecule has 0 atom stereocenters. The maximum atomic E-state index is 12.3. The smallest absolute Gasteiger partial charge is 0.266 e. The Morgan fingerprint density at radius 1 is 0.900 bits per heavy atom. The Kier molecular flexibility index (Phi) is 2.61. The number of anilines is 1. The van der Waals surface area contributed by atoms with E-state index in [1.807, 2.05) is 0 Å². The molecule has 0 radical (unpaired) electrons. The van der Waals surface area contributed by atoms with Gasteiger partial charge in [0.05, 0.1) is 16.8 Å². The molecule has 2 aromatic rings. The summed E-state index contributed by atoms with van der Waals surface area (Å²) in [5.41, 5.74) is 1.21. The minimum Gasteiger partial charge on any atom is -0.508 e. The monoisotopic (exact) mass is 267 g/mol. The molecule has 5 heteroatoms. The summed E-state index contributed by atoms with van der Waals surface area (Å²) in [6.45, 7) is 0. The predicted octanol–water partition coefficient (Wildman–Crippen LogP) is 2.01. The minimum atomic E-state index is -0.473. The fourth-order valence-electron chi connectivity index (χ4n) is 2.17. The molecule has 1 heterocycles. The molecule has 1 aliphatic heterocycles. The number of amides is 2. The molecular weight excluding hydrogens is 258 g/mol. The van der Waals surface area contributed by atoms with Crippen LogP contribution >= 0.6 is 0 Å². The van der Waals surface area contributed by atoms with Crippen molar-refractivity contribution in [3.8, 4) is 5.75 Å². The number of phenols is 1. The highest BCUT2D eigenvalue weighted by atomic mass is 16.3. The Hall–Kier alpha value is -2.95. The van der Waals surface area contributed by atoms with Crippen LogP contribution in [0.2, 0.25) is 0 Å². The molecule has 20 heavy (non-hydrogen) atoms. The number of nitrogens with zero attached hydrogens (tertiary/aromatic N) is 1. The zero-order valence-electron chi connectivity index (χ0n) is 10.2. The number of rotatable bonds is 2. The first-order chi connectivity index (χ1) is 9.61. The molecule has 0 fully saturated rings. The summed E-state index contributed by atoms with van der Waals surface area (Å²) in [5, 5.41) is 9.25. The van der Waals surface area contributed by atoms with E-state index in [9.17, 15) is 19.5 Å². The Bertz CT molecular complexity index is 734. The molecule has 3 rings (SSSR count). The van der Waals surface area contributed by atoms with Crippen molar-refractivity contribution in [1.29, 1.82) is 0 Å². The van der Waals surface area contributed by atoms with E-state index in [2.05, 4.69) is 0 Å². The summed E-state index contributed by atoms with van der Waals surface area (Å²) in [4.78, 5) is 36.3. The molecule has 0 aromatic heterocycles. The molecule has 0 unspecified atom stereocenters. The maximum Gasteiger partial charge on any atom is 0.266 e. The van der Waals surface area contributed by atoms with Crippen LogP contribution in [0.1, 0.15) is 31.1 Å². The van der Waals surface area contributed by atoms with E-state index in [-0.39, 0.29) is 16.9 Å². The number of hydrogen-bond acceptors (Lipinski definition) is 4. The fraction of sp³-hybridized carbons (Fsp3) is 0. The van der Waals surface area contributed by atoms with Gasteiger partial charge in [-0.05, 0) is 36.4 Å². The molecule has 0 aliphatic carbocycles. The highest BCUT2D eigenvalue weighted by Gasteiger charge is 2.36. The number of phenolic OH excluding ortho intramolecular Hbond substituents is 1. The van der Waals surface area contributed by atoms with E-state index in [0.29, 0.717) is 17.5 Å². The number of hydrogen-bond donors (Lipinski definition) is 1. The van der Waals surface area contributed by atoms with E-state index in [0.717, 1.165) is 4.90 Å². The maximum absolute atomic E-state index is 12.3. The summed E-state index contributed by atoms with van der Waals surface area (Å²) >= 11 is 0. The Morgan fingerprint density at radius 2 is 1.55 bits per heavy atom. The summed E-state index contributed by atoms with van der Waals surface area (Å²) in [6.07, 6.45) is 0.626. The second kappa shape index (κ2) is 4.31. The topological polar surface area (TPSA) is 74.7 Å². The summed E-state index contributed by atoms with van der Waals surface area (Å²) in [5.74, 6) is -0.860. The molecule has 98 valence electrons. The number of benzene rings is 2. The first kappa shape index (κ1) is 12.1. The van der Waals surface area contributed by atoms with Gasteiger partial charge in [0.25, 0.3) is 11.8 Å². The number of aromatic hydroxyl groups is 1. The van der Waals surface area contributed by atoms with Crippen LogP contribution in [-0.4, -0.2) is 23.2 Å². The van der Waals surface area contributed by atoms with Crippen molar-refractivity contribution in [3.05, 3.63) is 59.2 Å². The van der Waals surface area contributed by atoms with Crippen LogP contribution in [0.25, 0.3) is 0 Å². The molecule has 5 nitrogen and oxygen atoms in total. The van der Waals surface area contributed by atoms with Gasteiger partial charge in [-0.2, -0.15) is 0 Å². The molecule has 1 N–H and O–H groups in total. The third-order valence-corrected chi connectivity index (χ3v) is 3.15. The average molecular weight is 267 g/mol. The zero-order valence-corrected chi connectivity index (χ0v) is 10.2. The van der Waals surface area contributed by atoms with Crippen LogP contribution in [-0.2, 0) is 0 Å². The van der Waals surface area contributed by atoms with E-state index >= 15 is 0 Å². The van der Waals surface area contributed by atoms with E-state index in [1.54, 1.807) is 0 Å². The molecule has 0 saturated carbocycles. The van der Waals surface area contributed by atoms with Gasteiger partial charge in [-0.25, -0.2) is 4.90 Å². The van der Waals surface area contributed by atoms with Gasteiger partial charge in [-0.15, -0.1) is 0 Å². The highest BCUT2D eigenvalue weighted by molar-refractivity contribution is 6.34. The lowest BCUT2D eigenvalue weighted by atomic mass is 10.1. The first-order valence-electron chi connectivity index (χ1n) is 5.89. The van der Waals surface area contributed by atoms with Gasteiger partial charge in [0.2, 0.25) is 0 Å². The van der Waals surface area contributed by atoms with E-state index < -0.39 is 11.8 Å². The molecule has 0 bridgehead atoms. The lowest BCUT2D eigenvalue weighted by molar-refractivity contribution is 0.0925. The highest BCUT2D eigenvalue weighted by Crippen LogP contribution is 2.29. The minimum absolute atomic E-state index is 0.0496. The molecular formula is C15H9NO4. The van der Waals surface area contributed by atoms with Crippen molar-refractivity contribution in [1.82, 2.24) is 0 Å². The zero-order chi connectivity index (χ0) is 14.3. The van der Waals surface area contributed by atoms with Gasteiger partial charge < -0.3 is 5.11 Å². The SMILES string of the molecule is O=Cc1ccc2c(c1)C(=O)N(c1ccc(O)cc1)C2=O. The van der Waals surface area contributed by atoms with Crippen LogP contribution in [0.4, 0.5) is 5.69 Å². The van der Waals surface area contributed by atoms with Crippen molar-refractivity contribution in [2.75, 3.05) is 4.90 Å². The van der Waals surface area contributed by atoms with Gasteiger partial charge in [-0.3, -0.25) is 14.4 Å². The lowest BCUT2D eigenvalue weighted by Crippen LogP contribution is -2.29. The molecule has 0 spiro atoms. The predicted molar refractivity (Wildman–Crippen MR) is 71.1 cm³/mol. The van der Waals surface area contributed by atoms with Crippen LogP contribution in [0.5, 0.6) is 5.75 Å². The van der Waals surface area contributed by atoms with Crippen molar-refractivity contribution in [2.24, 2.45) is 0 Å². The first-order valence-corrected chi connectivity index (χ1v) is 5.89. The average Bonchev–Trinajstić information content (AvgIpc) is 2.72. The van der Waals surface area contributed by atoms with Crippen LogP contribution in [0.15, 0.2) is 42.5 Å². The van der Waals surface area contributed by atoms with Crippen LogP contribution in [0.3, 0.4) is 0 Å². The van der Waals surface area contributed by atoms with Crippen molar-refractivity contribution < 1.29 is 19.5 Å². The van der Waals surface area contributed by atoms with Crippen molar-refractivity contribution >= 4 is 23.8 Å². The quantitative estimate of drug-likeness (QED) is 0.667. The number of aldehydes is 1. The third kappa shape index (κ3) is 1.68. The van der Waals surface area contributed by atoms with Gasteiger partial charge in [0.1, 0.15) is 12.0 Å². The van der Waals surface area contributed by atoms with E-state index in [1.165, 1.54) is 42.5 Å². The normalized spacial score (nSPS) is 13.5. The van der Waals surface area contributed by atoms with Gasteiger partial charge >= 0.3 is 0 Å². The largest absolute Gasteiger partial charge is 0.508 e. The number of imide groups is 1. The van der Waals surface area contributed by atoms with Crippen LogP contribution in [0, 0.1) is 0 Å². The van der Waals surface area contributed by atoms with Crippen molar-refractivity contribution in [3.63, 3.8) is 0 Å². The van der Waals surface area contributed by atoms with E-state index in [4.69, 9.17) is 0 Å². The van der Waals surface area contributed by atoms with Gasteiger partial charge in [0.15, 0.2) is 0 Å². The standard InChI is InChI=1S/C15H9NO4/c17-8-9-1-6-12-13(7-9)15(20)16(14(12)19)10-2-4-11(18)5-3-10/h1-8,18H. The molecule has 2 aromatic carbocycles. The van der Waals surface area contributed by atoms with Gasteiger partial charge in [0, 0.05) is 5.56 Å².